The Kier molecular flexibility index (Phi) is 7.05. The molecule has 0 aliphatic carbocycles. The van der Waals surface area contributed by atoms with Gasteiger partial charge in [0, 0.05) is 11.3 Å². The van der Waals surface area contributed by atoms with Crippen molar-refractivity contribution in [1.82, 2.24) is 14.9 Å². The van der Waals surface area contributed by atoms with Gasteiger partial charge in [-0.3, -0.25) is 10.1 Å². The highest BCUT2D eigenvalue weighted by Crippen LogP contribution is 2.39. The number of fused-ring (bicyclic) bond motifs is 1. The van der Waals surface area contributed by atoms with Crippen LogP contribution in [0.4, 0.5) is 24.0 Å². The smallest absolute Gasteiger partial charge is 0.389 e. The summed E-state index contributed by atoms with van der Waals surface area (Å²) in [5.41, 5.74) is 0.822. The van der Waals surface area contributed by atoms with Crippen molar-refractivity contribution < 1.29 is 31.5 Å². The highest BCUT2D eigenvalue weighted by Gasteiger charge is 2.43. The zero-order valence-electron chi connectivity index (χ0n) is 19.9. The molecule has 2 atom stereocenters. The molecule has 0 bridgehead atoms. The van der Waals surface area contributed by atoms with E-state index in [4.69, 9.17) is 0 Å². The van der Waals surface area contributed by atoms with Crippen LogP contribution in [-0.2, 0) is 22.6 Å². The molecule has 0 fully saturated rings. The Labute approximate surface area is 215 Å². The molecule has 3 aromatic rings. The van der Waals surface area contributed by atoms with Crippen LogP contribution in [0.2, 0.25) is 0 Å². The van der Waals surface area contributed by atoms with Gasteiger partial charge in [0.05, 0.1) is 22.6 Å². The number of sulfonamides is 1. The van der Waals surface area contributed by atoms with Crippen LogP contribution in [-0.4, -0.2) is 41.3 Å². The Morgan fingerprint density at radius 2 is 1.84 bits per heavy atom. The lowest BCUT2D eigenvalue weighted by Crippen LogP contribution is -2.54. The summed E-state index contributed by atoms with van der Waals surface area (Å²) in [7, 11) is -4.07. The Balaban J connectivity index is 1.65. The number of benzene rings is 2. The van der Waals surface area contributed by atoms with Crippen molar-refractivity contribution in [1.29, 1.82) is 0 Å². The molecule has 0 saturated carbocycles. The van der Waals surface area contributed by atoms with E-state index in [0.29, 0.717) is 11.3 Å². The number of nitrogens with one attached hydrogen (secondary N) is 3. The number of alkyl halides is 3. The fourth-order valence-corrected chi connectivity index (χ4v) is 5.73. The number of rotatable bonds is 6. The monoisotopic (exact) mass is 555 g/mol. The maximum atomic E-state index is 13.2. The second kappa shape index (κ2) is 9.67. The molecule has 2 heterocycles. The second-order valence-electron chi connectivity index (χ2n) is 9.05. The van der Waals surface area contributed by atoms with Crippen molar-refractivity contribution in [2.45, 2.75) is 55.9 Å². The maximum Gasteiger partial charge on any atom is 0.445 e. The Morgan fingerprint density at radius 1 is 1.16 bits per heavy atom. The number of carbonyl (C=O) groups excluding carboxylic acids is 1. The van der Waals surface area contributed by atoms with Crippen LogP contribution in [0, 0.1) is 0 Å². The molecule has 198 valence electrons. The van der Waals surface area contributed by atoms with Gasteiger partial charge in [0.1, 0.15) is 0 Å². The number of hydrogen-bond donors (Lipinski definition) is 4. The van der Waals surface area contributed by atoms with Gasteiger partial charge in [0.2, 0.25) is 20.2 Å². The first kappa shape index (κ1) is 27.0. The van der Waals surface area contributed by atoms with E-state index in [9.17, 15) is 31.5 Å². The Hall–Kier alpha value is -3.07. The topological polar surface area (TPSA) is 133 Å². The van der Waals surface area contributed by atoms with Gasteiger partial charge in [-0.05, 0) is 61.7 Å². The predicted molar refractivity (Wildman–Crippen MR) is 132 cm³/mol. The number of amides is 1. The van der Waals surface area contributed by atoms with Gasteiger partial charge < -0.3 is 10.4 Å². The maximum absolute atomic E-state index is 13.2. The molecule has 0 unspecified atom stereocenters. The lowest BCUT2D eigenvalue weighted by atomic mass is 9.82. The second-order valence-corrected chi connectivity index (χ2v) is 11.7. The molecular weight excluding hydrogens is 531 g/mol. The molecular formula is C23H24F3N5O4S2. The molecule has 1 aliphatic heterocycles. The van der Waals surface area contributed by atoms with Crippen LogP contribution in [0.5, 0.6) is 0 Å². The van der Waals surface area contributed by atoms with E-state index in [-0.39, 0.29) is 26.9 Å². The fourth-order valence-electron chi connectivity index (χ4n) is 3.91. The third kappa shape index (κ3) is 5.61. The Morgan fingerprint density at radius 3 is 2.43 bits per heavy atom. The summed E-state index contributed by atoms with van der Waals surface area (Å²) < 4.78 is 67.3. The SMILES string of the molecule is CCc1ccc(S(=O)(=O)N[C@@H]2c3cc(C(=O)Nc4nnc(C(F)(F)F)s4)ccc3NC(C)(C)[C@H]2O)cc1. The number of aliphatic hydroxyl groups excluding tert-OH is 1. The van der Waals surface area contributed by atoms with E-state index in [2.05, 4.69) is 25.6 Å². The van der Waals surface area contributed by atoms with Crippen molar-refractivity contribution in [3.05, 3.63) is 64.2 Å². The third-order valence-corrected chi connectivity index (χ3v) is 8.31. The molecule has 1 aromatic heterocycles. The molecule has 4 rings (SSSR count). The summed E-state index contributed by atoms with van der Waals surface area (Å²) in [6.07, 6.45) is -5.19. The average Bonchev–Trinajstić information content (AvgIpc) is 3.31. The summed E-state index contributed by atoms with van der Waals surface area (Å²) in [6, 6.07) is 9.55. The molecule has 0 saturated heterocycles. The average molecular weight is 556 g/mol. The van der Waals surface area contributed by atoms with Crippen molar-refractivity contribution in [2.24, 2.45) is 0 Å². The van der Waals surface area contributed by atoms with Crippen LogP contribution in [0.1, 0.15) is 53.3 Å². The number of hydrogen-bond acceptors (Lipinski definition) is 8. The largest absolute Gasteiger partial charge is 0.445 e. The number of aromatic nitrogens is 2. The van der Waals surface area contributed by atoms with E-state index in [0.717, 1.165) is 12.0 Å². The first-order valence-corrected chi connectivity index (χ1v) is 13.4. The van der Waals surface area contributed by atoms with Gasteiger partial charge in [-0.25, -0.2) is 13.1 Å². The number of anilines is 2. The molecule has 14 heteroatoms. The molecule has 0 spiro atoms. The molecule has 2 aromatic carbocycles. The number of aliphatic hydroxyl groups is 1. The minimum Gasteiger partial charge on any atom is -0.389 e. The van der Waals surface area contributed by atoms with Crippen LogP contribution in [0.3, 0.4) is 0 Å². The number of aryl methyl sites for hydroxylation is 1. The van der Waals surface area contributed by atoms with Gasteiger partial charge in [-0.2, -0.15) is 13.2 Å². The van der Waals surface area contributed by atoms with Crippen molar-refractivity contribution >= 4 is 38.1 Å². The highest BCUT2D eigenvalue weighted by molar-refractivity contribution is 7.89. The van der Waals surface area contributed by atoms with Crippen LogP contribution < -0.4 is 15.4 Å². The lowest BCUT2D eigenvalue weighted by Gasteiger charge is -2.43. The normalized spacial score (nSPS) is 19.1. The van der Waals surface area contributed by atoms with Crippen molar-refractivity contribution in [3.63, 3.8) is 0 Å². The van der Waals surface area contributed by atoms with Crippen LogP contribution in [0.25, 0.3) is 0 Å². The molecule has 37 heavy (non-hydrogen) atoms. The quantitative estimate of drug-likeness (QED) is 0.362. The minimum absolute atomic E-state index is 0.0143. The van der Waals surface area contributed by atoms with E-state index in [1.54, 1.807) is 26.0 Å². The van der Waals surface area contributed by atoms with Crippen LogP contribution in [0.15, 0.2) is 47.4 Å². The third-order valence-electron chi connectivity index (χ3n) is 5.97. The zero-order valence-corrected chi connectivity index (χ0v) is 21.6. The number of nitrogens with zero attached hydrogens (tertiary/aromatic N) is 2. The Bertz CT molecular complexity index is 1420. The van der Waals surface area contributed by atoms with Gasteiger partial charge in [-0.15, -0.1) is 10.2 Å². The standard InChI is InChI=1S/C23H24F3N5O4S2/c1-4-12-5-8-14(9-6-12)37(34,35)31-17-15-11-13(7-10-16(15)28-22(2,3)18(17)32)19(33)27-21-30-29-20(36-21)23(24,25)26/h5-11,17-18,28,31-32H,4H2,1-3H3,(H,27,30,33)/t17-,18+/m1/s1. The molecule has 1 amide bonds. The van der Waals surface area contributed by atoms with Gasteiger partial charge in [0.25, 0.3) is 5.91 Å². The molecule has 9 nitrogen and oxygen atoms in total. The summed E-state index contributed by atoms with van der Waals surface area (Å²) in [6.45, 7) is 5.35. The summed E-state index contributed by atoms with van der Waals surface area (Å²) in [4.78, 5) is 12.8. The van der Waals surface area contributed by atoms with Crippen molar-refractivity contribution in [3.8, 4) is 0 Å². The van der Waals surface area contributed by atoms with Gasteiger partial charge in [-0.1, -0.05) is 30.4 Å². The molecule has 0 radical (unpaired) electrons. The van der Waals surface area contributed by atoms with E-state index < -0.39 is 44.8 Å². The van der Waals surface area contributed by atoms with E-state index >= 15 is 0 Å². The predicted octanol–water partition coefficient (Wildman–Crippen LogP) is 3.96. The fraction of sp³-hybridized carbons (Fsp3) is 0.348. The first-order chi connectivity index (χ1) is 17.2. The van der Waals surface area contributed by atoms with Gasteiger partial charge >= 0.3 is 6.18 Å². The molecule has 1 aliphatic rings. The van der Waals surface area contributed by atoms with E-state index in [1.807, 2.05) is 6.92 Å². The highest BCUT2D eigenvalue weighted by atomic mass is 32.2. The first-order valence-electron chi connectivity index (χ1n) is 11.1. The van der Waals surface area contributed by atoms with Gasteiger partial charge in [0.15, 0.2) is 0 Å². The summed E-state index contributed by atoms with van der Waals surface area (Å²) in [5, 5.41) is 21.3. The lowest BCUT2D eigenvalue weighted by molar-refractivity contribution is -0.138. The van der Waals surface area contributed by atoms with E-state index in [1.165, 1.54) is 30.3 Å². The van der Waals surface area contributed by atoms with Crippen LogP contribution >= 0.6 is 11.3 Å². The number of halogens is 3. The minimum atomic E-state index is -4.69. The zero-order chi connectivity index (χ0) is 27.2. The number of carbonyl (C=O) groups is 1. The van der Waals surface area contributed by atoms with Crippen molar-refractivity contribution in [2.75, 3.05) is 10.6 Å². The molecule has 4 N–H and O–H groups in total. The summed E-state index contributed by atoms with van der Waals surface area (Å²) >= 11 is 0.177. The summed E-state index contributed by atoms with van der Waals surface area (Å²) in [5.74, 6) is -0.774.